The molecule has 1 atom stereocenters. The lowest BCUT2D eigenvalue weighted by atomic mass is 10.5. The Morgan fingerprint density at radius 1 is 1.56 bits per heavy atom. The van der Waals surface area contributed by atoms with Gasteiger partial charge in [0.15, 0.2) is 0 Å². The third kappa shape index (κ3) is 7.88. The van der Waals surface area contributed by atoms with Gasteiger partial charge in [0, 0.05) is 13.1 Å². The fourth-order valence-electron chi connectivity index (χ4n) is 0.516. The molecule has 0 aliphatic rings. The predicted octanol–water partition coefficient (Wildman–Crippen LogP) is -0.558. The maximum Gasteiger partial charge on any atom is 0.0517 e. The minimum absolute atomic E-state index is 0.116. The van der Waals surface area contributed by atoms with Crippen molar-refractivity contribution in [2.24, 2.45) is 5.73 Å². The molecule has 0 aliphatic carbocycles. The van der Waals surface area contributed by atoms with Gasteiger partial charge in [-0.1, -0.05) is 0 Å². The first kappa shape index (κ1) is 8.88. The highest BCUT2D eigenvalue weighted by Crippen LogP contribution is 1.71. The number of likely N-dealkylation sites (N-methyl/N-ethyl adjacent to an activating group) is 1. The molecule has 0 amide bonds. The van der Waals surface area contributed by atoms with E-state index in [4.69, 9.17) is 5.73 Å². The van der Waals surface area contributed by atoms with Crippen LogP contribution in [0.1, 0.15) is 6.92 Å². The number of nitrogens with two attached hydrogens (primary N) is 1. The molecular weight excluding hydrogens is 114 g/mol. The maximum atomic E-state index is 5.45. The lowest BCUT2D eigenvalue weighted by molar-refractivity contribution is 0.389. The summed E-state index contributed by atoms with van der Waals surface area (Å²) in [5, 5.41) is 3.11. The van der Waals surface area contributed by atoms with E-state index in [1.807, 2.05) is 21.0 Å². The van der Waals surface area contributed by atoms with Crippen LogP contribution in [0, 0.1) is 0 Å². The van der Waals surface area contributed by atoms with Gasteiger partial charge >= 0.3 is 0 Å². The van der Waals surface area contributed by atoms with Gasteiger partial charge in [0.2, 0.25) is 0 Å². The molecule has 3 nitrogen and oxygen atoms in total. The average molecular weight is 131 g/mol. The quantitative estimate of drug-likeness (QED) is 0.503. The number of hydrogen-bond acceptors (Lipinski definition) is 3. The highest BCUT2D eigenvalue weighted by molar-refractivity contribution is 4.52. The largest absolute Gasteiger partial charge is 0.316 e. The molecule has 0 aromatic carbocycles. The van der Waals surface area contributed by atoms with E-state index in [1.165, 1.54) is 0 Å². The van der Waals surface area contributed by atoms with Gasteiger partial charge in [0.05, 0.1) is 6.17 Å². The Morgan fingerprint density at radius 3 is 2.44 bits per heavy atom. The van der Waals surface area contributed by atoms with Crippen LogP contribution in [-0.4, -0.2) is 38.3 Å². The lowest BCUT2D eigenvalue weighted by Crippen LogP contribution is -2.38. The molecule has 3 heteroatoms. The normalized spacial score (nSPS) is 14.3. The molecule has 0 heterocycles. The van der Waals surface area contributed by atoms with Crippen LogP contribution in [0.2, 0.25) is 0 Å². The third-order valence-electron chi connectivity index (χ3n) is 1.03. The monoisotopic (exact) mass is 131 g/mol. The Kier molecular flexibility index (Phi) is 4.67. The van der Waals surface area contributed by atoms with Gasteiger partial charge < -0.3 is 16.0 Å². The summed E-state index contributed by atoms with van der Waals surface area (Å²) in [4.78, 5) is 2.12. The van der Waals surface area contributed by atoms with Crippen molar-refractivity contribution in [3.8, 4) is 0 Å². The Hall–Kier alpha value is -0.120. The highest BCUT2D eigenvalue weighted by atomic mass is 15.1. The number of rotatable bonds is 4. The van der Waals surface area contributed by atoms with E-state index in [0.717, 1.165) is 13.1 Å². The molecular formula is C6H17N3. The summed E-state index contributed by atoms with van der Waals surface area (Å²) in [5.74, 6) is 0. The second-order valence-corrected chi connectivity index (χ2v) is 2.55. The van der Waals surface area contributed by atoms with Crippen molar-refractivity contribution in [1.29, 1.82) is 0 Å². The van der Waals surface area contributed by atoms with Crippen LogP contribution < -0.4 is 11.1 Å². The van der Waals surface area contributed by atoms with Gasteiger partial charge in [0.1, 0.15) is 0 Å². The Labute approximate surface area is 57.2 Å². The molecule has 0 spiro atoms. The van der Waals surface area contributed by atoms with Crippen LogP contribution in [0.25, 0.3) is 0 Å². The molecule has 0 aliphatic heterocycles. The van der Waals surface area contributed by atoms with Gasteiger partial charge in [-0.25, -0.2) is 0 Å². The van der Waals surface area contributed by atoms with Crippen molar-refractivity contribution in [3.05, 3.63) is 0 Å². The fourth-order valence-corrected chi connectivity index (χ4v) is 0.516. The molecule has 0 aromatic rings. The standard InChI is InChI=1S/C6H17N3/c1-6(7)8-4-5-9(2)3/h6,8H,4-5,7H2,1-3H3. The maximum absolute atomic E-state index is 5.45. The van der Waals surface area contributed by atoms with Crippen molar-refractivity contribution in [2.75, 3.05) is 27.2 Å². The zero-order chi connectivity index (χ0) is 7.28. The average Bonchev–Trinajstić information content (AvgIpc) is 1.63. The minimum Gasteiger partial charge on any atom is -0.316 e. The molecule has 9 heavy (non-hydrogen) atoms. The van der Waals surface area contributed by atoms with Crippen molar-refractivity contribution in [1.82, 2.24) is 10.2 Å². The van der Waals surface area contributed by atoms with Gasteiger partial charge in [-0.05, 0) is 21.0 Å². The summed E-state index contributed by atoms with van der Waals surface area (Å²) in [6.07, 6.45) is 0.116. The van der Waals surface area contributed by atoms with Crippen LogP contribution in [0.4, 0.5) is 0 Å². The number of nitrogens with zero attached hydrogens (tertiary/aromatic N) is 1. The summed E-state index contributed by atoms with van der Waals surface area (Å²) < 4.78 is 0. The molecule has 3 N–H and O–H groups in total. The Balaban J connectivity index is 2.91. The highest BCUT2D eigenvalue weighted by Gasteiger charge is 1.91. The first-order valence-corrected chi connectivity index (χ1v) is 3.26. The Bertz CT molecular complexity index is 53.3. The molecule has 0 saturated heterocycles. The van der Waals surface area contributed by atoms with Gasteiger partial charge in [-0.3, -0.25) is 0 Å². The summed E-state index contributed by atoms with van der Waals surface area (Å²) in [7, 11) is 4.09. The minimum atomic E-state index is 0.116. The van der Waals surface area contributed by atoms with E-state index in [2.05, 4.69) is 10.2 Å². The molecule has 56 valence electrons. The topological polar surface area (TPSA) is 41.3 Å². The number of hydrogen-bond donors (Lipinski definition) is 2. The zero-order valence-corrected chi connectivity index (χ0v) is 6.52. The van der Waals surface area contributed by atoms with Crippen LogP contribution in [0.15, 0.2) is 0 Å². The third-order valence-corrected chi connectivity index (χ3v) is 1.03. The first-order chi connectivity index (χ1) is 4.13. The zero-order valence-electron chi connectivity index (χ0n) is 6.52. The molecule has 0 fully saturated rings. The molecule has 0 bridgehead atoms. The first-order valence-electron chi connectivity index (χ1n) is 3.26. The van der Waals surface area contributed by atoms with Gasteiger partial charge in [-0.15, -0.1) is 0 Å². The van der Waals surface area contributed by atoms with E-state index >= 15 is 0 Å². The van der Waals surface area contributed by atoms with E-state index in [1.54, 1.807) is 0 Å². The van der Waals surface area contributed by atoms with Crippen molar-refractivity contribution in [3.63, 3.8) is 0 Å². The Morgan fingerprint density at radius 2 is 2.11 bits per heavy atom. The predicted molar refractivity (Wildman–Crippen MR) is 40.2 cm³/mol. The molecule has 0 saturated carbocycles. The molecule has 0 rings (SSSR count). The molecule has 0 radical (unpaired) electrons. The second kappa shape index (κ2) is 4.73. The van der Waals surface area contributed by atoms with Crippen molar-refractivity contribution >= 4 is 0 Å². The van der Waals surface area contributed by atoms with Crippen LogP contribution in [0.5, 0.6) is 0 Å². The van der Waals surface area contributed by atoms with Crippen LogP contribution in [-0.2, 0) is 0 Å². The second-order valence-electron chi connectivity index (χ2n) is 2.55. The SMILES string of the molecule is CC(N)NCCN(C)C. The van der Waals surface area contributed by atoms with Crippen molar-refractivity contribution in [2.45, 2.75) is 13.1 Å². The van der Waals surface area contributed by atoms with Crippen molar-refractivity contribution < 1.29 is 0 Å². The summed E-state index contributed by atoms with van der Waals surface area (Å²) >= 11 is 0. The summed E-state index contributed by atoms with van der Waals surface area (Å²) in [5.41, 5.74) is 5.45. The smallest absolute Gasteiger partial charge is 0.0517 e. The molecule has 1 unspecified atom stereocenters. The van der Waals surface area contributed by atoms with Gasteiger partial charge in [-0.2, -0.15) is 0 Å². The van der Waals surface area contributed by atoms with E-state index in [-0.39, 0.29) is 6.17 Å². The summed E-state index contributed by atoms with van der Waals surface area (Å²) in [6, 6.07) is 0. The lowest BCUT2D eigenvalue weighted by Gasteiger charge is -2.11. The fraction of sp³-hybridized carbons (Fsp3) is 1.00. The van der Waals surface area contributed by atoms with Crippen LogP contribution in [0.3, 0.4) is 0 Å². The van der Waals surface area contributed by atoms with E-state index in [0.29, 0.717) is 0 Å². The van der Waals surface area contributed by atoms with E-state index < -0.39 is 0 Å². The van der Waals surface area contributed by atoms with E-state index in [9.17, 15) is 0 Å². The summed E-state index contributed by atoms with van der Waals surface area (Å²) in [6.45, 7) is 3.95. The number of nitrogens with one attached hydrogen (secondary N) is 1. The molecule has 0 aromatic heterocycles. The van der Waals surface area contributed by atoms with Crippen LogP contribution >= 0.6 is 0 Å². The van der Waals surface area contributed by atoms with Gasteiger partial charge in [0.25, 0.3) is 0 Å².